The van der Waals surface area contributed by atoms with E-state index in [9.17, 15) is 15.2 Å². The Balaban J connectivity index is 2.46. The lowest BCUT2D eigenvalue weighted by Gasteiger charge is -2.26. The molecule has 0 aliphatic carbocycles. The zero-order valence-electron chi connectivity index (χ0n) is 13.1. The third kappa shape index (κ3) is 3.17. The van der Waals surface area contributed by atoms with Crippen molar-refractivity contribution in [2.75, 3.05) is 11.9 Å². The van der Waals surface area contributed by atoms with Crippen LogP contribution in [0.2, 0.25) is 0 Å². The minimum atomic E-state index is -0.787. The molecule has 118 valence electrons. The maximum Gasteiger partial charge on any atom is 0.295 e. The van der Waals surface area contributed by atoms with Crippen LogP contribution in [0.3, 0.4) is 0 Å². The van der Waals surface area contributed by atoms with Crippen LogP contribution in [0.25, 0.3) is 10.9 Å². The first-order chi connectivity index (χ1) is 10.4. The Labute approximate surface area is 129 Å². The zero-order chi connectivity index (χ0) is 16.3. The van der Waals surface area contributed by atoms with E-state index in [1.807, 2.05) is 19.9 Å². The fraction of sp³-hybridized carbons (Fsp3) is 0.438. The molecule has 0 saturated heterocycles. The predicted molar refractivity (Wildman–Crippen MR) is 87.2 cm³/mol. The summed E-state index contributed by atoms with van der Waals surface area (Å²) in [7, 11) is 0. The highest BCUT2D eigenvalue weighted by molar-refractivity contribution is 5.96. The highest BCUT2D eigenvalue weighted by Gasteiger charge is 2.22. The summed E-state index contributed by atoms with van der Waals surface area (Å²) in [5.41, 5.74) is 1.02. The Bertz CT molecular complexity index is 696. The number of hydrogen-bond donors (Lipinski definition) is 2. The number of aryl methyl sites for hydroxylation is 1. The molecular weight excluding hydrogens is 282 g/mol. The van der Waals surface area contributed by atoms with Crippen LogP contribution in [-0.4, -0.2) is 27.2 Å². The molecule has 0 amide bonds. The van der Waals surface area contributed by atoms with Crippen molar-refractivity contribution < 1.29 is 10.0 Å². The second kappa shape index (κ2) is 6.27. The van der Waals surface area contributed by atoms with Gasteiger partial charge in [0.2, 0.25) is 0 Å². The number of nitrogens with zero attached hydrogens (tertiary/aromatic N) is 2. The van der Waals surface area contributed by atoms with Crippen LogP contribution < -0.4 is 5.32 Å². The fourth-order valence-electron chi connectivity index (χ4n) is 2.41. The molecule has 0 radical (unpaired) electrons. The van der Waals surface area contributed by atoms with Crippen LogP contribution in [0.15, 0.2) is 24.3 Å². The number of fused-ring (bicyclic) bond motifs is 1. The molecule has 0 atom stereocenters. The Hall–Kier alpha value is -2.21. The average Bonchev–Trinajstić information content (AvgIpc) is 2.51. The summed E-state index contributed by atoms with van der Waals surface area (Å²) < 4.78 is 0. The molecule has 1 aromatic carbocycles. The van der Waals surface area contributed by atoms with E-state index >= 15 is 0 Å². The number of pyridine rings is 1. The van der Waals surface area contributed by atoms with E-state index in [2.05, 4.69) is 10.3 Å². The second-order valence-electron chi connectivity index (χ2n) is 5.53. The first kappa shape index (κ1) is 16.2. The van der Waals surface area contributed by atoms with Gasteiger partial charge in [0, 0.05) is 29.4 Å². The molecule has 0 aliphatic rings. The van der Waals surface area contributed by atoms with E-state index in [0.717, 1.165) is 5.69 Å². The van der Waals surface area contributed by atoms with Gasteiger partial charge >= 0.3 is 0 Å². The fourth-order valence-corrected chi connectivity index (χ4v) is 2.41. The van der Waals surface area contributed by atoms with E-state index in [4.69, 9.17) is 0 Å². The maximum atomic E-state index is 11.2. The number of rotatable bonds is 6. The molecule has 0 saturated carbocycles. The predicted octanol–water partition coefficient (Wildman–Crippen LogP) is 3.41. The molecule has 1 heterocycles. The lowest BCUT2D eigenvalue weighted by molar-refractivity contribution is -0.383. The van der Waals surface area contributed by atoms with Gasteiger partial charge in [-0.1, -0.05) is 26.0 Å². The Kier molecular flexibility index (Phi) is 4.61. The van der Waals surface area contributed by atoms with Crippen LogP contribution in [0.5, 0.6) is 0 Å². The highest BCUT2D eigenvalue weighted by atomic mass is 16.6. The van der Waals surface area contributed by atoms with E-state index in [-0.39, 0.29) is 5.69 Å². The molecular formula is C16H21N3O3. The number of hydrogen-bond acceptors (Lipinski definition) is 5. The first-order valence-corrected chi connectivity index (χ1v) is 7.41. The number of aliphatic hydroxyl groups is 1. The lowest BCUT2D eigenvalue weighted by atomic mass is 9.97. The number of benzene rings is 1. The number of para-hydroxylation sites is 1. The average molecular weight is 303 g/mol. The maximum absolute atomic E-state index is 11.2. The SMILES string of the molecule is CCC(O)(CC)CNc1cc(C)nc2c([N+](=O)[O-])cccc12. The van der Waals surface area contributed by atoms with Gasteiger partial charge in [-0.25, -0.2) is 4.98 Å². The van der Waals surface area contributed by atoms with Crippen LogP contribution in [0, 0.1) is 17.0 Å². The van der Waals surface area contributed by atoms with Gasteiger partial charge in [-0.2, -0.15) is 0 Å². The monoisotopic (exact) mass is 303 g/mol. The number of nitro groups is 1. The Morgan fingerprint density at radius 3 is 2.64 bits per heavy atom. The molecule has 6 nitrogen and oxygen atoms in total. The Morgan fingerprint density at radius 1 is 1.36 bits per heavy atom. The summed E-state index contributed by atoms with van der Waals surface area (Å²) in [5, 5.41) is 25.5. The van der Waals surface area contributed by atoms with E-state index < -0.39 is 10.5 Å². The van der Waals surface area contributed by atoms with Crippen molar-refractivity contribution in [3.63, 3.8) is 0 Å². The molecule has 2 N–H and O–H groups in total. The number of non-ortho nitro benzene ring substituents is 1. The van der Waals surface area contributed by atoms with E-state index in [1.165, 1.54) is 6.07 Å². The zero-order valence-corrected chi connectivity index (χ0v) is 13.1. The van der Waals surface area contributed by atoms with Crippen molar-refractivity contribution in [3.8, 4) is 0 Å². The lowest BCUT2D eigenvalue weighted by Crippen LogP contribution is -2.35. The van der Waals surface area contributed by atoms with E-state index in [0.29, 0.717) is 36.0 Å². The van der Waals surface area contributed by atoms with Gasteiger partial charge < -0.3 is 10.4 Å². The molecule has 0 fully saturated rings. The molecule has 2 rings (SSSR count). The topological polar surface area (TPSA) is 88.3 Å². The van der Waals surface area contributed by atoms with Gasteiger partial charge in [-0.15, -0.1) is 0 Å². The number of nitro benzene ring substituents is 1. The van der Waals surface area contributed by atoms with E-state index in [1.54, 1.807) is 19.1 Å². The molecule has 22 heavy (non-hydrogen) atoms. The van der Waals surface area contributed by atoms with Crippen molar-refractivity contribution in [2.45, 2.75) is 39.2 Å². The largest absolute Gasteiger partial charge is 0.388 e. The summed E-state index contributed by atoms with van der Waals surface area (Å²) in [5.74, 6) is 0. The molecule has 6 heteroatoms. The summed E-state index contributed by atoms with van der Waals surface area (Å²) >= 11 is 0. The van der Waals surface area contributed by atoms with Crippen LogP contribution in [0.4, 0.5) is 11.4 Å². The van der Waals surface area contributed by atoms with Crippen LogP contribution >= 0.6 is 0 Å². The molecule has 1 aromatic heterocycles. The van der Waals surface area contributed by atoms with Crippen molar-refractivity contribution in [1.29, 1.82) is 0 Å². The minimum Gasteiger partial charge on any atom is -0.388 e. The third-order valence-electron chi connectivity index (χ3n) is 4.07. The molecule has 0 bridgehead atoms. The summed E-state index contributed by atoms with van der Waals surface area (Å²) in [6.07, 6.45) is 1.28. The quantitative estimate of drug-likeness (QED) is 0.630. The number of aromatic nitrogens is 1. The van der Waals surface area contributed by atoms with Crippen molar-refractivity contribution in [2.24, 2.45) is 0 Å². The number of anilines is 1. The van der Waals surface area contributed by atoms with Crippen LogP contribution in [-0.2, 0) is 0 Å². The summed E-state index contributed by atoms with van der Waals surface area (Å²) in [4.78, 5) is 15.0. The first-order valence-electron chi connectivity index (χ1n) is 7.41. The molecule has 0 aliphatic heterocycles. The van der Waals surface area contributed by atoms with Crippen molar-refractivity contribution in [3.05, 3.63) is 40.1 Å². The van der Waals surface area contributed by atoms with Gasteiger partial charge in [0.25, 0.3) is 5.69 Å². The minimum absolute atomic E-state index is 0.00880. The number of nitrogens with one attached hydrogen (secondary N) is 1. The van der Waals surface area contributed by atoms with Gasteiger partial charge in [-0.05, 0) is 25.8 Å². The normalized spacial score (nSPS) is 11.6. The standard InChI is InChI=1S/C16H21N3O3/c1-4-16(20,5-2)10-17-13-9-11(3)18-15-12(13)7-6-8-14(15)19(21)22/h6-9,20H,4-5,10H2,1-3H3,(H,17,18). The van der Waals surface area contributed by atoms with Crippen LogP contribution in [0.1, 0.15) is 32.4 Å². The van der Waals surface area contributed by atoms with Gasteiger partial charge in [0.15, 0.2) is 5.52 Å². The van der Waals surface area contributed by atoms with Gasteiger partial charge in [0.1, 0.15) is 0 Å². The summed E-state index contributed by atoms with van der Waals surface area (Å²) in [6, 6.07) is 6.74. The van der Waals surface area contributed by atoms with Crippen molar-refractivity contribution >= 4 is 22.3 Å². The summed E-state index contributed by atoms with van der Waals surface area (Å²) in [6.45, 7) is 6.06. The molecule has 0 unspecified atom stereocenters. The van der Waals surface area contributed by atoms with Gasteiger partial charge in [0.05, 0.1) is 10.5 Å². The highest BCUT2D eigenvalue weighted by Crippen LogP contribution is 2.30. The third-order valence-corrected chi connectivity index (χ3v) is 4.07. The van der Waals surface area contributed by atoms with Crippen molar-refractivity contribution in [1.82, 2.24) is 4.98 Å². The molecule has 0 spiro atoms. The Morgan fingerprint density at radius 2 is 2.05 bits per heavy atom. The second-order valence-corrected chi connectivity index (χ2v) is 5.53. The molecule has 2 aromatic rings. The smallest absolute Gasteiger partial charge is 0.295 e. The van der Waals surface area contributed by atoms with Gasteiger partial charge in [-0.3, -0.25) is 10.1 Å².